The summed E-state index contributed by atoms with van der Waals surface area (Å²) in [7, 11) is -3.60. The third-order valence-electron chi connectivity index (χ3n) is 7.41. The molecule has 190 valence electrons. The zero-order valence-corrected chi connectivity index (χ0v) is 22.7. The van der Waals surface area contributed by atoms with E-state index in [1.807, 2.05) is 29.3 Å². The largest absolute Gasteiger partial charge is 0.329 e. The van der Waals surface area contributed by atoms with Crippen LogP contribution in [0.15, 0.2) is 64.9 Å². The molecule has 1 fully saturated rings. The lowest BCUT2D eigenvalue weighted by Crippen LogP contribution is -2.38. The van der Waals surface area contributed by atoms with Gasteiger partial charge in [0.2, 0.25) is 10.0 Å². The summed E-state index contributed by atoms with van der Waals surface area (Å²) in [4.78, 5) is 20.2. The number of nitrogens with zero attached hydrogens (tertiary/aromatic N) is 3. The Kier molecular flexibility index (Phi) is 6.31. The van der Waals surface area contributed by atoms with Gasteiger partial charge in [0.15, 0.2) is 0 Å². The van der Waals surface area contributed by atoms with E-state index in [4.69, 9.17) is 16.6 Å². The van der Waals surface area contributed by atoms with Crippen molar-refractivity contribution < 1.29 is 13.2 Å². The number of rotatable bonds is 4. The second-order valence-electron chi connectivity index (χ2n) is 9.75. The van der Waals surface area contributed by atoms with Gasteiger partial charge >= 0.3 is 0 Å². The Morgan fingerprint density at radius 1 is 1.03 bits per heavy atom. The standard InChI is InChI=1S/C28H26ClN3O3S2/c1-18-8-9-23(14-24(18)29)37(34,35)32-12-10-20(11-13-32)27-30-25(17-36-27)28(33)31-15-21-6-2-4-19-5-3-7-22(16-31)26(19)21/h2-9,14,17,20H,10-13,15-16H2,1H3. The molecule has 1 saturated heterocycles. The van der Waals surface area contributed by atoms with Crippen LogP contribution in [0.1, 0.15) is 50.9 Å². The zero-order valence-electron chi connectivity index (χ0n) is 20.4. The highest BCUT2D eigenvalue weighted by Crippen LogP contribution is 2.35. The van der Waals surface area contributed by atoms with E-state index >= 15 is 0 Å². The molecule has 2 aliphatic rings. The number of benzene rings is 3. The second kappa shape index (κ2) is 9.51. The summed E-state index contributed by atoms with van der Waals surface area (Å²) in [5.74, 6) is 0.0701. The van der Waals surface area contributed by atoms with Gasteiger partial charge in [0.25, 0.3) is 5.91 Å². The van der Waals surface area contributed by atoms with Crippen LogP contribution in [0, 0.1) is 6.92 Å². The Morgan fingerprint density at radius 2 is 1.70 bits per heavy atom. The average molecular weight is 552 g/mol. The number of hydrogen-bond donors (Lipinski definition) is 0. The third-order valence-corrected chi connectivity index (χ3v) is 10.7. The van der Waals surface area contributed by atoms with Crippen LogP contribution >= 0.6 is 22.9 Å². The van der Waals surface area contributed by atoms with Gasteiger partial charge in [-0.1, -0.05) is 54.1 Å². The molecule has 0 saturated carbocycles. The monoisotopic (exact) mass is 551 g/mol. The molecule has 6 rings (SSSR count). The minimum absolute atomic E-state index is 0.0646. The Balaban J connectivity index is 1.14. The molecule has 2 aliphatic heterocycles. The van der Waals surface area contributed by atoms with Crippen LogP contribution in [0.5, 0.6) is 0 Å². The lowest BCUT2D eigenvalue weighted by Gasteiger charge is -2.30. The third kappa shape index (κ3) is 4.46. The molecule has 3 aromatic carbocycles. The van der Waals surface area contributed by atoms with Crippen molar-refractivity contribution >= 4 is 49.6 Å². The predicted molar refractivity (Wildman–Crippen MR) is 147 cm³/mol. The fourth-order valence-corrected chi connectivity index (χ4v) is 8.04. The van der Waals surface area contributed by atoms with Gasteiger partial charge in [-0.3, -0.25) is 4.79 Å². The number of amides is 1. The maximum absolute atomic E-state index is 13.4. The van der Waals surface area contributed by atoms with E-state index in [2.05, 4.69) is 24.3 Å². The van der Waals surface area contributed by atoms with Crippen molar-refractivity contribution in [1.82, 2.24) is 14.2 Å². The highest BCUT2D eigenvalue weighted by atomic mass is 35.5. The molecule has 0 unspecified atom stereocenters. The average Bonchev–Trinajstić information content (AvgIpc) is 3.40. The summed E-state index contributed by atoms with van der Waals surface area (Å²) in [6.45, 7) is 3.81. The second-order valence-corrected chi connectivity index (χ2v) is 13.0. The molecule has 6 nitrogen and oxygen atoms in total. The van der Waals surface area contributed by atoms with Crippen LogP contribution < -0.4 is 0 Å². The van der Waals surface area contributed by atoms with Crippen molar-refractivity contribution in [2.45, 2.75) is 43.7 Å². The normalized spacial score (nSPS) is 16.9. The first-order valence-corrected chi connectivity index (χ1v) is 15.0. The van der Waals surface area contributed by atoms with Crippen molar-refractivity contribution in [3.05, 3.63) is 92.4 Å². The van der Waals surface area contributed by atoms with Crippen molar-refractivity contribution in [3.63, 3.8) is 0 Å². The molecule has 9 heteroatoms. The molecule has 3 heterocycles. The number of thiazole rings is 1. The molecular weight excluding hydrogens is 526 g/mol. The van der Waals surface area contributed by atoms with Crippen molar-refractivity contribution in [1.29, 1.82) is 0 Å². The van der Waals surface area contributed by atoms with Gasteiger partial charge in [-0.15, -0.1) is 11.3 Å². The Bertz CT molecular complexity index is 1580. The number of halogens is 1. The molecule has 37 heavy (non-hydrogen) atoms. The van der Waals surface area contributed by atoms with Crippen molar-refractivity contribution in [3.8, 4) is 0 Å². The van der Waals surface area contributed by atoms with E-state index < -0.39 is 10.0 Å². The first-order valence-electron chi connectivity index (χ1n) is 12.3. The number of carbonyl (C=O) groups excluding carboxylic acids is 1. The van der Waals surface area contributed by atoms with E-state index in [0.717, 1.165) is 21.7 Å². The summed E-state index contributed by atoms with van der Waals surface area (Å²) in [5.41, 5.74) is 3.63. The fourth-order valence-electron chi connectivity index (χ4n) is 5.34. The first kappa shape index (κ1) is 24.6. The Labute approximate surface area is 225 Å². The maximum Gasteiger partial charge on any atom is 0.273 e. The molecule has 0 bridgehead atoms. The summed E-state index contributed by atoms with van der Waals surface area (Å²) in [6.07, 6.45) is 1.33. The fraction of sp³-hybridized carbons (Fsp3) is 0.286. The van der Waals surface area contributed by atoms with Gasteiger partial charge in [-0.05, 0) is 59.4 Å². The smallest absolute Gasteiger partial charge is 0.273 e. The zero-order chi connectivity index (χ0) is 25.7. The molecule has 4 aromatic rings. The van der Waals surface area contributed by atoms with Gasteiger partial charge in [0.1, 0.15) is 5.69 Å². The summed E-state index contributed by atoms with van der Waals surface area (Å²) in [5, 5.41) is 5.65. The molecule has 0 aliphatic carbocycles. The topological polar surface area (TPSA) is 70.6 Å². The van der Waals surface area contributed by atoms with E-state index in [1.165, 1.54) is 32.5 Å². The number of piperidine rings is 1. The lowest BCUT2D eigenvalue weighted by molar-refractivity contribution is 0.0721. The molecule has 0 radical (unpaired) electrons. The van der Waals surface area contributed by atoms with Crippen molar-refractivity contribution in [2.75, 3.05) is 13.1 Å². The van der Waals surface area contributed by atoms with E-state index in [0.29, 0.717) is 49.7 Å². The van der Waals surface area contributed by atoms with Gasteiger partial charge < -0.3 is 4.90 Å². The van der Waals surface area contributed by atoms with Crippen molar-refractivity contribution in [2.24, 2.45) is 0 Å². The predicted octanol–water partition coefficient (Wildman–Crippen LogP) is 5.98. The van der Waals surface area contributed by atoms with E-state index in [9.17, 15) is 13.2 Å². The Morgan fingerprint density at radius 3 is 2.35 bits per heavy atom. The summed E-state index contributed by atoms with van der Waals surface area (Å²) < 4.78 is 27.8. The minimum atomic E-state index is -3.60. The van der Waals surface area contributed by atoms with E-state index in [-0.39, 0.29) is 16.7 Å². The highest BCUT2D eigenvalue weighted by Gasteiger charge is 2.32. The number of carbonyl (C=O) groups is 1. The molecule has 1 aromatic heterocycles. The molecule has 1 amide bonds. The minimum Gasteiger partial charge on any atom is -0.329 e. The number of aromatic nitrogens is 1. The maximum atomic E-state index is 13.4. The van der Waals surface area contributed by atoms with Crippen LogP contribution in [0.3, 0.4) is 0 Å². The molecule has 0 N–H and O–H groups in total. The SMILES string of the molecule is Cc1ccc(S(=O)(=O)N2CCC(c3nc(C(=O)N4Cc5cccc6cccc(c56)C4)cs3)CC2)cc1Cl. The molecular formula is C28H26ClN3O3S2. The molecule has 0 spiro atoms. The van der Waals surface area contributed by atoms with E-state index in [1.54, 1.807) is 12.1 Å². The van der Waals surface area contributed by atoms with Crippen LogP contribution in [-0.4, -0.2) is 41.6 Å². The van der Waals surface area contributed by atoms with Gasteiger partial charge in [-0.2, -0.15) is 4.31 Å². The van der Waals surface area contributed by atoms with Gasteiger partial charge in [0.05, 0.1) is 9.90 Å². The number of aryl methyl sites for hydroxylation is 1. The lowest BCUT2D eigenvalue weighted by atomic mass is 9.95. The molecule has 0 atom stereocenters. The number of sulfonamides is 1. The van der Waals surface area contributed by atoms with Crippen LogP contribution in [0.25, 0.3) is 10.8 Å². The van der Waals surface area contributed by atoms with Crippen LogP contribution in [0.4, 0.5) is 0 Å². The summed E-state index contributed by atoms with van der Waals surface area (Å²) in [6, 6.07) is 17.3. The highest BCUT2D eigenvalue weighted by molar-refractivity contribution is 7.89. The Hall–Kier alpha value is -2.78. The number of hydrogen-bond acceptors (Lipinski definition) is 5. The van der Waals surface area contributed by atoms with Crippen LogP contribution in [-0.2, 0) is 23.1 Å². The first-order chi connectivity index (χ1) is 17.8. The van der Waals surface area contributed by atoms with Gasteiger partial charge in [-0.25, -0.2) is 13.4 Å². The quantitative estimate of drug-likeness (QED) is 0.313. The summed E-state index contributed by atoms with van der Waals surface area (Å²) >= 11 is 7.66. The van der Waals surface area contributed by atoms with Crippen LogP contribution in [0.2, 0.25) is 5.02 Å². The van der Waals surface area contributed by atoms with Gasteiger partial charge in [0, 0.05) is 42.5 Å².